The molecule has 2 aromatic rings. The zero-order chi connectivity index (χ0) is 13.8. The van der Waals surface area contributed by atoms with E-state index >= 15 is 0 Å². The average molecular weight is 254 g/mol. The number of amides is 1. The molecule has 0 radical (unpaired) electrons. The quantitative estimate of drug-likeness (QED) is 0.827. The molecule has 3 nitrogen and oxygen atoms in total. The van der Waals surface area contributed by atoms with E-state index in [4.69, 9.17) is 5.26 Å². The molecule has 0 aliphatic carbocycles. The number of hydrogen-bond acceptors (Lipinski definition) is 2. The molecule has 0 unspecified atom stereocenters. The van der Waals surface area contributed by atoms with Gasteiger partial charge >= 0.3 is 0 Å². The first kappa shape index (κ1) is 12.8. The molecule has 0 aliphatic rings. The molecule has 1 amide bonds. The van der Waals surface area contributed by atoms with Gasteiger partial charge in [-0.2, -0.15) is 5.26 Å². The Kier molecular flexibility index (Phi) is 3.58. The van der Waals surface area contributed by atoms with E-state index in [1.165, 1.54) is 24.1 Å². The number of para-hydroxylation sites is 1. The molecule has 2 rings (SSSR count). The second kappa shape index (κ2) is 5.32. The van der Waals surface area contributed by atoms with Gasteiger partial charge in [-0.15, -0.1) is 0 Å². The summed E-state index contributed by atoms with van der Waals surface area (Å²) in [6, 6.07) is 14.3. The molecule has 0 aromatic heterocycles. The molecule has 0 saturated carbocycles. The molecular weight excluding hydrogens is 243 g/mol. The summed E-state index contributed by atoms with van der Waals surface area (Å²) < 4.78 is 13.6. The summed E-state index contributed by atoms with van der Waals surface area (Å²) in [6.07, 6.45) is 0. The van der Waals surface area contributed by atoms with Crippen LogP contribution in [0.4, 0.5) is 10.1 Å². The lowest BCUT2D eigenvalue weighted by atomic mass is 10.1. The van der Waals surface area contributed by atoms with Gasteiger partial charge in [-0.25, -0.2) is 4.39 Å². The van der Waals surface area contributed by atoms with E-state index in [9.17, 15) is 9.18 Å². The largest absolute Gasteiger partial charge is 0.309 e. The van der Waals surface area contributed by atoms with Crippen LogP contribution in [0.15, 0.2) is 48.5 Å². The molecule has 2 aromatic carbocycles. The van der Waals surface area contributed by atoms with Gasteiger partial charge in [0.2, 0.25) is 0 Å². The Hall–Kier alpha value is -2.67. The normalized spacial score (nSPS) is 9.74. The highest BCUT2D eigenvalue weighted by Gasteiger charge is 2.16. The summed E-state index contributed by atoms with van der Waals surface area (Å²) in [6.45, 7) is 0. The maximum absolute atomic E-state index is 13.6. The lowest BCUT2D eigenvalue weighted by Crippen LogP contribution is -2.27. The van der Waals surface area contributed by atoms with Crippen LogP contribution < -0.4 is 4.90 Å². The van der Waals surface area contributed by atoms with Crippen molar-refractivity contribution in [2.45, 2.75) is 0 Å². The number of carbonyl (C=O) groups is 1. The van der Waals surface area contributed by atoms with E-state index < -0.39 is 5.82 Å². The predicted octanol–water partition coefficient (Wildman–Crippen LogP) is 2.97. The number of benzene rings is 2. The van der Waals surface area contributed by atoms with Crippen molar-refractivity contribution in [3.63, 3.8) is 0 Å². The van der Waals surface area contributed by atoms with Crippen LogP contribution in [-0.2, 0) is 0 Å². The smallest absolute Gasteiger partial charge is 0.258 e. The van der Waals surface area contributed by atoms with Gasteiger partial charge in [-0.1, -0.05) is 12.1 Å². The summed E-state index contributed by atoms with van der Waals surface area (Å²) in [4.78, 5) is 13.4. The maximum atomic E-state index is 13.6. The molecule has 0 N–H and O–H groups in total. The molecule has 4 heteroatoms. The van der Waals surface area contributed by atoms with Gasteiger partial charge < -0.3 is 4.90 Å². The Morgan fingerprint density at radius 3 is 2.37 bits per heavy atom. The fourth-order valence-electron chi connectivity index (χ4n) is 1.71. The number of anilines is 1. The molecule has 0 fully saturated rings. The fraction of sp³-hybridized carbons (Fsp3) is 0.0667. The lowest BCUT2D eigenvalue weighted by molar-refractivity contribution is 0.0992. The third kappa shape index (κ3) is 2.61. The average Bonchev–Trinajstić information content (AvgIpc) is 2.46. The molecule has 0 aliphatic heterocycles. The van der Waals surface area contributed by atoms with Crippen LogP contribution in [0.25, 0.3) is 0 Å². The second-order valence-electron chi connectivity index (χ2n) is 4.00. The lowest BCUT2D eigenvalue weighted by Gasteiger charge is -2.17. The van der Waals surface area contributed by atoms with Crippen molar-refractivity contribution in [2.24, 2.45) is 0 Å². The Labute approximate surface area is 110 Å². The third-order valence-electron chi connectivity index (χ3n) is 2.78. The van der Waals surface area contributed by atoms with Crippen molar-refractivity contribution >= 4 is 11.6 Å². The highest BCUT2D eigenvalue weighted by atomic mass is 19.1. The van der Waals surface area contributed by atoms with Crippen LogP contribution in [-0.4, -0.2) is 13.0 Å². The summed E-state index contributed by atoms with van der Waals surface area (Å²) in [7, 11) is 1.51. The standard InChI is InChI=1S/C15H11FN2O/c1-18(14-5-3-2-4-13(14)16)15(19)12-8-6-11(10-17)7-9-12/h2-9H,1H3. The minimum absolute atomic E-state index is 0.219. The van der Waals surface area contributed by atoms with Crippen molar-refractivity contribution in [3.05, 3.63) is 65.5 Å². The number of hydrogen-bond donors (Lipinski definition) is 0. The number of rotatable bonds is 2. The monoisotopic (exact) mass is 254 g/mol. The number of carbonyl (C=O) groups excluding carboxylic acids is 1. The van der Waals surface area contributed by atoms with Gasteiger partial charge in [0.05, 0.1) is 17.3 Å². The molecule has 0 saturated heterocycles. The van der Waals surface area contributed by atoms with Crippen LogP contribution in [0.5, 0.6) is 0 Å². The SMILES string of the molecule is CN(C(=O)c1ccc(C#N)cc1)c1ccccc1F. The molecule has 0 atom stereocenters. The predicted molar refractivity (Wildman–Crippen MR) is 70.3 cm³/mol. The van der Waals surface area contributed by atoms with E-state index in [1.54, 1.807) is 36.4 Å². The van der Waals surface area contributed by atoms with Gasteiger partial charge in [0.25, 0.3) is 5.91 Å². The van der Waals surface area contributed by atoms with E-state index in [0.29, 0.717) is 11.1 Å². The topological polar surface area (TPSA) is 44.1 Å². The minimum Gasteiger partial charge on any atom is -0.309 e. The number of nitrogens with zero attached hydrogens (tertiary/aromatic N) is 2. The highest BCUT2D eigenvalue weighted by molar-refractivity contribution is 6.05. The zero-order valence-electron chi connectivity index (χ0n) is 10.3. The first-order valence-electron chi connectivity index (χ1n) is 5.66. The van der Waals surface area contributed by atoms with Gasteiger partial charge in [0.1, 0.15) is 5.82 Å². The van der Waals surface area contributed by atoms with Gasteiger partial charge in [0, 0.05) is 12.6 Å². The van der Waals surface area contributed by atoms with Crippen LogP contribution in [0, 0.1) is 17.1 Å². The summed E-state index contributed by atoms with van der Waals surface area (Å²) in [5, 5.41) is 8.70. The third-order valence-corrected chi connectivity index (χ3v) is 2.78. The summed E-state index contributed by atoms with van der Waals surface area (Å²) >= 11 is 0. The van der Waals surface area contributed by atoms with Gasteiger partial charge in [-0.3, -0.25) is 4.79 Å². The van der Waals surface area contributed by atoms with Crippen molar-refractivity contribution in [3.8, 4) is 6.07 Å². The van der Waals surface area contributed by atoms with Gasteiger partial charge in [-0.05, 0) is 36.4 Å². The van der Waals surface area contributed by atoms with Crippen molar-refractivity contribution in [2.75, 3.05) is 11.9 Å². The second-order valence-corrected chi connectivity index (χ2v) is 4.00. The molecule has 0 spiro atoms. The van der Waals surface area contributed by atoms with Crippen LogP contribution in [0.2, 0.25) is 0 Å². The molecule has 19 heavy (non-hydrogen) atoms. The van der Waals surface area contributed by atoms with E-state index in [1.807, 2.05) is 6.07 Å². The summed E-state index contributed by atoms with van der Waals surface area (Å²) in [5.74, 6) is -0.776. The number of nitriles is 1. The first-order chi connectivity index (χ1) is 9.13. The van der Waals surface area contributed by atoms with E-state index in [0.717, 1.165) is 0 Å². The van der Waals surface area contributed by atoms with Crippen LogP contribution in [0.3, 0.4) is 0 Å². The minimum atomic E-state index is -0.452. The molecular formula is C15H11FN2O. The Balaban J connectivity index is 2.29. The van der Waals surface area contributed by atoms with Crippen LogP contribution in [0.1, 0.15) is 15.9 Å². The first-order valence-corrected chi connectivity index (χ1v) is 5.66. The fourth-order valence-corrected chi connectivity index (χ4v) is 1.71. The zero-order valence-corrected chi connectivity index (χ0v) is 10.3. The van der Waals surface area contributed by atoms with Crippen molar-refractivity contribution < 1.29 is 9.18 Å². The van der Waals surface area contributed by atoms with E-state index in [-0.39, 0.29) is 11.6 Å². The molecule has 0 heterocycles. The molecule has 94 valence electrons. The van der Waals surface area contributed by atoms with Crippen LogP contribution >= 0.6 is 0 Å². The highest BCUT2D eigenvalue weighted by Crippen LogP contribution is 2.19. The molecule has 0 bridgehead atoms. The maximum Gasteiger partial charge on any atom is 0.258 e. The van der Waals surface area contributed by atoms with Crippen molar-refractivity contribution in [1.82, 2.24) is 0 Å². The Bertz CT molecular complexity index is 644. The van der Waals surface area contributed by atoms with Gasteiger partial charge in [0.15, 0.2) is 0 Å². The Morgan fingerprint density at radius 2 is 1.79 bits per heavy atom. The number of halogens is 1. The van der Waals surface area contributed by atoms with Crippen molar-refractivity contribution in [1.29, 1.82) is 5.26 Å². The summed E-state index contributed by atoms with van der Waals surface area (Å²) in [5.41, 5.74) is 1.10. The van der Waals surface area contributed by atoms with E-state index in [2.05, 4.69) is 0 Å². The Morgan fingerprint density at radius 1 is 1.16 bits per heavy atom.